The van der Waals surface area contributed by atoms with E-state index in [4.69, 9.17) is 0 Å². The first-order valence-electron chi connectivity index (χ1n) is 4.03. The molecule has 0 fully saturated rings. The van der Waals surface area contributed by atoms with Gasteiger partial charge in [-0.05, 0) is 13.3 Å². The molecule has 66 valence electrons. The second-order valence-corrected chi connectivity index (χ2v) is 2.73. The Morgan fingerprint density at radius 3 is 3.00 bits per heavy atom. The zero-order valence-electron chi connectivity index (χ0n) is 7.32. The Morgan fingerprint density at radius 2 is 2.50 bits per heavy atom. The first kappa shape index (κ1) is 8.77. The minimum absolute atomic E-state index is 0.123. The van der Waals surface area contributed by atoms with Crippen molar-refractivity contribution < 1.29 is 4.79 Å². The number of amides is 1. The summed E-state index contributed by atoms with van der Waals surface area (Å²) in [7, 11) is 0. The molecule has 4 nitrogen and oxygen atoms in total. The van der Waals surface area contributed by atoms with Crippen LogP contribution < -0.4 is 5.32 Å². The Balaban J connectivity index is 2.50. The summed E-state index contributed by atoms with van der Waals surface area (Å²) in [5, 5.41) is 2.82. The number of nitrogens with zero attached hydrogens (tertiary/aromatic N) is 2. The molecule has 12 heavy (non-hydrogen) atoms. The van der Waals surface area contributed by atoms with Crippen molar-refractivity contribution in [3.05, 3.63) is 18.7 Å². The summed E-state index contributed by atoms with van der Waals surface area (Å²) < 4.78 is 1.42. The number of hydrogen-bond acceptors (Lipinski definition) is 2. The molecule has 0 saturated heterocycles. The van der Waals surface area contributed by atoms with E-state index in [1.165, 1.54) is 10.9 Å². The van der Waals surface area contributed by atoms with E-state index in [0.29, 0.717) is 0 Å². The predicted molar refractivity (Wildman–Crippen MR) is 45.9 cm³/mol. The fourth-order valence-electron chi connectivity index (χ4n) is 0.767. The van der Waals surface area contributed by atoms with Gasteiger partial charge in [0.1, 0.15) is 6.33 Å². The molecule has 0 saturated carbocycles. The predicted octanol–water partition coefficient (Wildman–Crippen LogP) is 1.24. The molecule has 1 aromatic heterocycles. The van der Waals surface area contributed by atoms with Crippen molar-refractivity contribution in [1.29, 1.82) is 0 Å². The van der Waals surface area contributed by atoms with Crippen LogP contribution in [0.4, 0.5) is 4.79 Å². The van der Waals surface area contributed by atoms with Crippen LogP contribution in [0.1, 0.15) is 20.3 Å². The van der Waals surface area contributed by atoms with Crippen LogP contribution in [0, 0.1) is 0 Å². The summed E-state index contributed by atoms with van der Waals surface area (Å²) in [6, 6.07) is 0.0850. The average Bonchev–Trinajstić information content (AvgIpc) is 2.56. The Morgan fingerprint density at radius 1 is 1.75 bits per heavy atom. The van der Waals surface area contributed by atoms with Gasteiger partial charge in [0.2, 0.25) is 0 Å². The summed E-state index contributed by atoms with van der Waals surface area (Å²) >= 11 is 0. The van der Waals surface area contributed by atoms with Crippen LogP contribution in [0.5, 0.6) is 0 Å². The van der Waals surface area contributed by atoms with E-state index >= 15 is 0 Å². The maximum Gasteiger partial charge on any atom is 0.327 e. The molecule has 1 rings (SSSR count). The maximum atomic E-state index is 11.3. The molecular formula is C8H13N3O. The highest BCUT2D eigenvalue weighted by Crippen LogP contribution is 1.90. The van der Waals surface area contributed by atoms with Gasteiger partial charge in [-0.25, -0.2) is 9.78 Å². The van der Waals surface area contributed by atoms with Crippen molar-refractivity contribution in [2.75, 3.05) is 0 Å². The lowest BCUT2D eigenvalue weighted by molar-refractivity contribution is 0.239. The Bertz CT molecular complexity index is 243. The quantitative estimate of drug-likeness (QED) is 0.720. The second kappa shape index (κ2) is 3.90. The molecule has 1 aromatic rings. The van der Waals surface area contributed by atoms with Crippen molar-refractivity contribution in [1.82, 2.24) is 14.9 Å². The molecule has 1 atom stereocenters. The van der Waals surface area contributed by atoms with Gasteiger partial charge < -0.3 is 5.32 Å². The smallest absolute Gasteiger partial charge is 0.327 e. The third kappa shape index (κ3) is 2.08. The van der Waals surface area contributed by atoms with Crippen LogP contribution in [-0.2, 0) is 0 Å². The molecule has 1 heterocycles. The third-order valence-corrected chi connectivity index (χ3v) is 1.72. The minimum Gasteiger partial charge on any atom is -0.335 e. The third-order valence-electron chi connectivity index (χ3n) is 1.72. The van der Waals surface area contributed by atoms with Gasteiger partial charge in [0.05, 0.1) is 0 Å². The lowest BCUT2D eigenvalue weighted by Gasteiger charge is -2.10. The molecule has 0 bridgehead atoms. The first-order chi connectivity index (χ1) is 5.74. The van der Waals surface area contributed by atoms with E-state index in [9.17, 15) is 4.79 Å². The van der Waals surface area contributed by atoms with Crippen molar-refractivity contribution in [2.45, 2.75) is 26.3 Å². The van der Waals surface area contributed by atoms with Crippen LogP contribution in [-0.4, -0.2) is 21.6 Å². The van der Waals surface area contributed by atoms with Crippen LogP contribution >= 0.6 is 0 Å². The number of nitrogens with one attached hydrogen (secondary N) is 1. The number of carbonyl (C=O) groups is 1. The summed E-state index contributed by atoms with van der Waals surface area (Å²) in [6.45, 7) is 3.99. The monoisotopic (exact) mass is 167 g/mol. The molecule has 0 aliphatic heterocycles. The van der Waals surface area contributed by atoms with E-state index in [0.717, 1.165) is 6.42 Å². The standard InChI is InChI=1S/C8H13N3O/c1-3-7(2)10-8(12)11-5-4-9-6-11/h4-7H,3H2,1-2H3,(H,10,12). The first-order valence-corrected chi connectivity index (χ1v) is 4.03. The second-order valence-electron chi connectivity index (χ2n) is 2.73. The summed E-state index contributed by atoms with van der Waals surface area (Å²) in [5.41, 5.74) is 0. The van der Waals surface area contributed by atoms with Crippen molar-refractivity contribution in [2.24, 2.45) is 0 Å². The van der Waals surface area contributed by atoms with Crippen molar-refractivity contribution >= 4 is 6.03 Å². The van der Waals surface area contributed by atoms with E-state index in [1.54, 1.807) is 12.4 Å². The SMILES string of the molecule is CCC(C)NC(=O)n1ccnc1. The summed E-state index contributed by atoms with van der Waals surface area (Å²) in [4.78, 5) is 15.1. The minimum atomic E-state index is -0.123. The van der Waals surface area contributed by atoms with Crippen LogP contribution in [0.2, 0.25) is 0 Å². The van der Waals surface area contributed by atoms with E-state index in [2.05, 4.69) is 10.3 Å². The highest BCUT2D eigenvalue weighted by molar-refractivity contribution is 5.76. The number of hydrogen-bond donors (Lipinski definition) is 1. The fourth-order valence-corrected chi connectivity index (χ4v) is 0.767. The van der Waals surface area contributed by atoms with Gasteiger partial charge in [-0.3, -0.25) is 4.57 Å². The molecular weight excluding hydrogens is 154 g/mol. The number of carbonyl (C=O) groups excluding carboxylic acids is 1. The van der Waals surface area contributed by atoms with Gasteiger partial charge in [-0.1, -0.05) is 6.92 Å². The molecule has 0 aromatic carbocycles. The molecule has 0 aliphatic carbocycles. The fraction of sp³-hybridized carbons (Fsp3) is 0.500. The molecule has 1 amide bonds. The van der Waals surface area contributed by atoms with Gasteiger partial charge in [-0.15, -0.1) is 0 Å². The average molecular weight is 167 g/mol. The van der Waals surface area contributed by atoms with Crippen LogP contribution in [0.15, 0.2) is 18.7 Å². The number of rotatable bonds is 2. The van der Waals surface area contributed by atoms with Crippen LogP contribution in [0.25, 0.3) is 0 Å². The lowest BCUT2D eigenvalue weighted by Crippen LogP contribution is -2.34. The van der Waals surface area contributed by atoms with Crippen molar-refractivity contribution in [3.8, 4) is 0 Å². The number of aromatic nitrogens is 2. The Labute approximate surface area is 71.6 Å². The summed E-state index contributed by atoms with van der Waals surface area (Å²) in [5.74, 6) is 0. The zero-order chi connectivity index (χ0) is 8.97. The highest BCUT2D eigenvalue weighted by atomic mass is 16.2. The molecule has 0 aliphatic rings. The zero-order valence-corrected chi connectivity index (χ0v) is 7.32. The maximum absolute atomic E-state index is 11.3. The topological polar surface area (TPSA) is 46.9 Å². The molecule has 0 spiro atoms. The Hall–Kier alpha value is -1.32. The van der Waals surface area contributed by atoms with Crippen molar-refractivity contribution in [3.63, 3.8) is 0 Å². The van der Waals surface area contributed by atoms with Gasteiger partial charge in [0.25, 0.3) is 0 Å². The van der Waals surface area contributed by atoms with E-state index in [-0.39, 0.29) is 12.1 Å². The highest BCUT2D eigenvalue weighted by Gasteiger charge is 2.05. The number of imidazole rings is 1. The molecule has 4 heteroatoms. The summed E-state index contributed by atoms with van der Waals surface area (Å²) in [6.07, 6.45) is 5.62. The van der Waals surface area contributed by atoms with Crippen LogP contribution in [0.3, 0.4) is 0 Å². The van der Waals surface area contributed by atoms with Gasteiger partial charge >= 0.3 is 6.03 Å². The molecule has 1 N–H and O–H groups in total. The Kier molecular flexibility index (Phi) is 2.85. The normalized spacial score (nSPS) is 12.5. The van der Waals surface area contributed by atoms with Gasteiger partial charge in [0, 0.05) is 18.4 Å². The molecule has 0 radical (unpaired) electrons. The molecule has 1 unspecified atom stereocenters. The largest absolute Gasteiger partial charge is 0.335 e. The van der Waals surface area contributed by atoms with Gasteiger partial charge in [0.15, 0.2) is 0 Å². The van der Waals surface area contributed by atoms with E-state index in [1.807, 2.05) is 13.8 Å². The van der Waals surface area contributed by atoms with Gasteiger partial charge in [-0.2, -0.15) is 0 Å². The van der Waals surface area contributed by atoms with E-state index < -0.39 is 0 Å². The lowest BCUT2D eigenvalue weighted by atomic mass is 10.3.